The zero-order chi connectivity index (χ0) is 12.0. The Balaban J connectivity index is 2.45. The minimum atomic E-state index is -2.37. The van der Waals surface area contributed by atoms with Crippen molar-refractivity contribution in [2.75, 3.05) is 24.6 Å². The lowest BCUT2D eigenvalue weighted by Crippen LogP contribution is -2.36. The number of hydrogen-bond acceptors (Lipinski definition) is 4. The van der Waals surface area contributed by atoms with E-state index in [9.17, 15) is 13.8 Å². The number of rotatable bonds is 4. The molecule has 0 spiro atoms. The highest BCUT2D eigenvalue weighted by molar-refractivity contribution is 7.94. The second-order valence-corrected chi connectivity index (χ2v) is 6.21. The molecule has 0 bridgehead atoms. The summed E-state index contributed by atoms with van der Waals surface area (Å²) in [6.45, 7) is 1.23. The Morgan fingerprint density at radius 3 is 2.44 bits per heavy atom. The van der Waals surface area contributed by atoms with E-state index in [-0.39, 0.29) is 19.3 Å². The van der Waals surface area contributed by atoms with Crippen molar-refractivity contribution in [2.45, 2.75) is 19.3 Å². The maximum absolute atomic E-state index is 12.0. The lowest BCUT2D eigenvalue weighted by molar-refractivity contribution is -0.137. The highest BCUT2D eigenvalue weighted by atomic mass is 32.2. The van der Waals surface area contributed by atoms with Crippen molar-refractivity contribution in [1.29, 1.82) is 0 Å². The summed E-state index contributed by atoms with van der Waals surface area (Å²) in [7, 11) is -2.37. The van der Waals surface area contributed by atoms with Gasteiger partial charge in [-0.05, 0) is 6.42 Å². The molecule has 0 aliphatic carbocycles. The zero-order valence-corrected chi connectivity index (χ0v) is 9.79. The standard InChI is InChI=1S/C9H16N2O4S/c12-8(2-1-3-9(13)14)11-16(15)6-4-10-5-7-16/h10H,1-7H2,(H,13,14). The van der Waals surface area contributed by atoms with E-state index in [1.54, 1.807) is 0 Å². The molecular formula is C9H16N2O4S. The maximum atomic E-state index is 12.0. The summed E-state index contributed by atoms with van der Waals surface area (Å²) in [6, 6.07) is 0. The van der Waals surface area contributed by atoms with E-state index >= 15 is 0 Å². The van der Waals surface area contributed by atoms with E-state index in [0.717, 1.165) is 0 Å². The Bertz CT molecular complexity index is 373. The van der Waals surface area contributed by atoms with Gasteiger partial charge in [0.05, 0.1) is 9.73 Å². The van der Waals surface area contributed by atoms with Crippen LogP contribution < -0.4 is 5.32 Å². The molecule has 1 saturated heterocycles. The van der Waals surface area contributed by atoms with E-state index in [1.807, 2.05) is 0 Å². The third kappa shape index (κ3) is 4.71. The van der Waals surface area contributed by atoms with E-state index < -0.39 is 21.6 Å². The highest BCUT2D eigenvalue weighted by Gasteiger charge is 2.15. The van der Waals surface area contributed by atoms with Gasteiger partial charge >= 0.3 is 5.97 Å². The predicted octanol–water partition coefficient (Wildman–Crippen LogP) is -0.161. The summed E-state index contributed by atoms with van der Waals surface area (Å²) in [5.41, 5.74) is 0. The second kappa shape index (κ2) is 5.95. The number of carbonyl (C=O) groups is 2. The van der Waals surface area contributed by atoms with Crippen molar-refractivity contribution < 1.29 is 18.9 Å². The van der Waals surface area contributed by atoms with Gasteiger partial charge in [-0.3, -0.25) is 9.59 Å². The summed E-state index contributed by atoms with van der Waals surface area (Å²) >= 11 is 0. The van der Waals surface area contributed by atoms with Gasteiger partial charge in [-0.25, -0.2) is 4.21 Å². The number of nitrogens with one attached hydrogen (secondary N) is 1. The molecule has 1 aliphatic heterocycles. The smallest absolute Gasteiger partial charge is 0.303 e. The quantitative estimate of drug-likeness (QED) is 0.720. The van der Waals surface area contributed by atoms with Gasteiger partial charge < -0.3 is 10.4 Å². The van der Waals surface area contributed by atoms with Crippen LogP contribution in [0.2, 0.25) is 0 Å². The highest BCUT2D eigenvalue weighted by Crippen LogP contribution is 2.04. The molecule has 16 heavy (non-hydrogen) atoms. The number of hydrogen-bond donors (Lipinski definition) is 2. The van der Waals surface area contributed by atoms with Crippen LogP contribution in [0, 0.1) is 0 Å². The van der Waals surface area contributed by atoms with Gasteiger partial charge in [0.1, 0.15) is 0 Å². The Kier molecular flexibility index (Phi) is 4.88. The Labute approximate surface area is 94.6 Å². The molecule has 2 N–H and O–H groups in total. The monoisotopic (exact) mass is 248 g/mol. The van der Waals surface area contributed by atoms with Crippen molar-refractivity contribution in [3.63, 3.8) is 0 Å². The van der Waals surface area contributed by atoms with Crippen LogP contribution >= 0.6 is 0 Å². The van der Waals surface area contributed by atoms with Crippen LogP contribution in [0.25, 0.3) is 0 Å². The molecule has 1 heterocycles. The molecule has 0 atom stereocenters. The van der Waals surface area contributed by atoms with Crippen LogP contribution in [-0.4, -0.2) is 45.8 Å². The Morgan fingerprint density at radius 1 is 1.25 bits per heavy atom. The predicted molar refractivity (Wildman–Crippen MR) is 59.7 cm³/mol. The second-order valence-electron chi connectivity index (χ2n) is 3.66. The molecule has 1 fully saturated rings. The van der Waals surface area contributed by atoms with Crippen molar-refractivity contribution in [3.8, 4) is 0 Å². The van der Waals surface area contributed by atoms with Crippen LogP contribution in [0.3, 0.4) is 0 Å². The fourth-order valence-electron chi connectivity index (χ4n) is 1.40. The molecule has 0 saturated carbocycles. The zero-order valence-electron chi connectivity index (χ0n) is 8.98. The third-order valence-electron chi connectivity index (χ3n) is 2.25. The molecule has 1 rings (SSSR count). The normalized spacial score (nSPS) is 19.0. The first-order valence-electron chi connectivity index (χ1n) is 5.20. The summed E-state index contributed by atoms with van der Waals surface area (Å²) in [5.74, 6) is -0.568. The number of carboxylic acid groups (broad SMARTS) is 1. The lowest BCUT2D eigenvalue weighted by atomic mass is 10.2. The number of nitrogens with zero attached hydrogens (tertiary/aromatic N) is 1. The lowest BCUT2D eigenvalue weighted by Gasteiger charge is -2.15. The van der Waals surface area contributed by atoms with Gasteiger partial charge in [-0.1, -0.05) is 0 Å². The molecule has 0 unspecified atom stereocenters. The first-order valence-corrected chi connectivity index (χ1v) is 7.05. The summed E-state index contributed by atoms with van der Waals surface area (Å²) in [6.07, 6.45) is 0.270. The molecule has 7 heteroatoms. The molecular weight excluding hydrogens is 232 g/mol. The van der Waals surface area contributed by atoms with Gasteiger partial charge in [0.25, 0.3) is 5.91 Å². The summed E-state index contributed by atoms with van der Waals surface area (Å²) in [4.78, 5) is 21.6. The van der Waals surface area contributed by atoms with E-state index in [1.165, 1.54) is 0 Å². The number of carboxylic acids is 1. The molecule has 0 radical (unpaired) electrons. The van der Waals surface area contributed by atoms with Crippen LogP contribution in [-0.2, 0) is 19.3 Å². The molecule has 0 aromatic carbocycles. The van der Waals surface area contributed by atoms with Gasteiger partial charge in [0.2, 0.25) is 0 Å². The number of carbonyl (C=O) groups excluding carboxylic acids is 1. The average molecular weight is 248 g/mol. The topological polar surface area (TPSA) is 95.8 Å². The molecule has 0 aromatic heterocycles. The molecule has 0 aromatic rings. The van der Waals surface area contributed by atoms with Gasteiger partial charge in [0.15, 0.2) is 0 Å². The first kappa shape index (κ1) is 13.1. The SMILES string of the molecule is O=C(O)CCCC(=O)N=S1(=O)CCNCC1. The largest absolute Gasteiger partial charge is 0.481 e. The third-order valence-corrected chi connectivity index (χ3v) is 4.47. The van der Waals surface area contributed by atoms with Gasteiger partial charge in [-0.15, -0.1) is 0 Å². The number of aliphatic carboxylic acids is 1. The summed E-state index contributed by atoms with van der Waals surface area (Å²) < 4.78 is 15.7. The van der Waals surface area contributed by atoms with Crippen molar-refractivity contribution in [1.82, 2.24) is 5.32 Å². The summed E-state index contributed by atoms with van der Waals surface area (Å²) in [5, 5.41) is 11.4. The van der Waals surface area contributed by atoms with Crippen molar-refractivity contribution in [2.24, 2.45) is 4.36 Å². The first-order chi connectivity index (χ1) is 7.52. The molecule has 6 nitrogen and oxygen atoms in total. The van der Waals surface area contributed by atoms with Gasteiger partial charge in [-0.2, -0.15) is 4.36 Å². The van der Waals surface area contributed by atoms with Crippen LogP contribution in [0.4, 0.5) is 0 Å². The molecule has 1 aliphatic rings. The van der Waals surface area contributed by atoms with E-state index in [2.05, 4.69) is 9.68 Å². The fourth-order valence-corrected chi connectivity index (χ4v) is 3.18. The Hall–Kier alpha value is -0.950. The average Bonchev–Trinajstić information content (AvgIpc) is 2.17. The van der Waals surface area contributed by atoms with Crippen LogP contribution in [0.15, 0.2) is 4.36 Å². The number of amides is 1. The maximum Gasteiger partial charge on any atom is 0.303 e. The van der Waals surface area contributed by atoms with E-state index in [4.69, 9.17) is 5.11 Å². The minimum Gasteiger partial charge on any atom is -0.481 e. The van der Waals surface area contributed by atoms with Crippen LogP contribution in [0.5, 0.6) is 0 Å². The fraction of sp³-hybridized carbons (Fsp3) is 0.778. The van der Waals surface area contributed by atoms with E-state index in [0.29, 0.717) is 24.6 Å². The van der Waals surface area contributed by atoms with Gasteiger partial charge in [0, 0.05) is 37.4 Å². The van der Waals surface area contributed by atoms with Crippen molar-refractivity contribution >= 4 is 21.6 Å². The molecule has 92 valence electrons. The van der Waals surface area contributed by atoms with Crippen molar-refractivity contribution in [3.05, 3.63) is 0 Å². The van der Waals surface area contributed by atoms with Crippen LogP contribution in [0.1, 0.15) is 19.3 Å². The minimum absolute atomic E-state index is 0.0516. The Morgan fingerprint density at radius 2 is 1.88 bits per heavy atom. The molecule has 1 amide bonds.